The number of nitrogens with zero attached hydrogens (tertiary/aromatic N) is 3. The zero-order chi connectivity index (χ0) is 10.8. The number of alkyl halides is 1. The van der Waals surface area contributed by atoms with Gasteiger partial charge >= 0.3 is 0 Å². The van der Waals surface area contributed by atoms with Crippen LogP contribution in [-0.2, 0) is 5.88 Å². The monoisotopic (exact) mass is 285 g/mol. The molecule has 2 aromatic rings. The molecule has 0 fully saturated rings. The molecule has 0 saturated carbocycles. The van der Waals surface area contributed by atoms with Crippen molar-refractivity contribution in [3.8, 4) is 5.69 Å². The molecule has 0 aliphatic carbocycles. The van der Waals surface area contributed by atoms with Crippen LogP contribution in [0.25, 0.3) is 5.69 Å². The molecule has 78 valence electrons. The maximum Gasteiger partial charge on any atom is 0.101 e. The smallest absolute Gasteiger partial charge is 0.101 e. The average Bonchev–Trinajstić information content (AvgIpc) is 2.61. The highest BCUT2D eigenvalue weighted by atomic mass is 79.9. The predicted octanol–water partition coefficient (Wildman–Crippen LogP) is 3.08. The van der Waals surface area contributed by atoms with Crippen molar-refractivity contribution < 1.29 is 0 Å². The number of benzene rings is 1. The highest BCUT2D eigenvalue weighted by Gasteiger charge is 2.08. The second-order valence-corrected chi connectivity index (χ2v) is 4.33. The summed E-state index contributed by atoms with van der Waals surface area (Å²) in [7, 11) is 0. The van der Waals surface area contributed by atoms with Gasteiger partial charge in [-0.3, -0.25) is 0 Å². The minimum absolute atomic E-state index is 0.391. The van der Waals surface area contributed by atoms with Gasteiger partial charge in [-0.05, 0) is 31.2 Å². The largest absolute Gasteiger partial charge is 0.218 e. The molecule has 0 atom stereocenters. The van der Waals surface area contributed by atoms with E-state index in [4.69, 9.17) is 11.6 Å². The molecule has 1 heterocycles. The summed E-state index contributed by atoms with van der Waals surface area (Å²) in [5.74, 6) is 0.391. The summed E-state index contributed by atoms with van der Waals surface area (Å²) < 4.78 is 2.83. The number of aromatic nitrogens is 3. The molecular weight excluding hydrogens is 277 g/mol. The van der Waals surface area contributed by atoms with Crippen LogP contribution >= 0.6 is 27.5 Å². The Morgan fingerprint density at radius 1 is 1.33 bits per heavy atom. The van der Waals surface area contributed by atoms with Gasteiger partial charge in [0, 0.05) is 4.47 Å². The van der Waals surface area contributed by atoms with E-state index in [2.05, 4.69) is 26.2 Å². The summed E-state index contributed by atoms with van der Waals surface area (Å²) in [6.45, 7) is 1.96. The van der Waals surface area contributed by atoms with Crippen molar-refractivity contribution in [1.29, 1.82) is 0 Å². The fraction of sp³-hybridized carbons (Fsp3) is 0.200. The molecule has 0 N–H and O–H groups in total. The first kappa shape index (κ1) is 10.6. The van der Waals surface area contributed by atoms with Gasteiger partial charge in [0.2, 0.25) is 0 Å². The third kappa shape index (κ3) is 2.06. The van der Waals surface area contributed by atoms with Gasteiger partial charge in [-0.1, -0.05) is 21.1 Å². The van der Waals surface area contributed by atoms with Crippen LogP contribution in [0.15, 0.2) is 28.7 Å². The van der Waals surface area contributed by atoms with Gasteiger partial charge in [-0.25, -0.2) is 4.68 Å². The maximum atomic E-state index is 5.73. The van der Waals surface area contributed by atoms with Crippen LogP contribution in [0.4, 0.5) is 0 Å². The van der Waals surface area contributed by atoms with Crippen molar-refractivity contribution >= 4 is 27.5 Å². The van der Waals surface area contributed by atoms with Crippen molar-refractivity contribution in [2.75, 3.05) is 0 Å². The van der Waals surface area contributed by atoms with Crippen molar-refractivity contribution in [2.24, 2.45) is 0 Å². The molecule has 2 rings (SSSR count). The second kappa shape index (κ2) is 4.33. The Morgan fingerprint density at radius 2 is 2.00 bits per heavy atom. The second-order valence-electron chi connectivity index (χ2n) is 3.14. The lowest BCUT2D eigenvalue weighted by Crippen LogP contribution is -1.98. The van der Waals surface area contributed by atoms with Gasteiger partial charge in [-0.2, -0.15) is 0 Å². The van der Waals surface area contributed by atoms with Gasteiger partial charge in [-0.15, -0.1) is 16.7 Å². The quantitative estimate of drug-likeness (QED) is 0.794. The summed E-state index contributed by atoms with van der Waals surface area (Å²) >= 11 is 9.12. The van der Waals surface area contributed by atoms with E-state index in [1.807, 2.05) is 31.2 Å². The first-order valence-electron chi connectivity index (χ1n) is 4.45. The molecule has 1 aromatic heterocycles. The molecule has 0 spiro atoms. The van der Waals surface area contributed by atoms with E-state index in [0.717, 1.165) is 21.5 Å². The van der Waals surface area contributed by atoms with Crippen LogP contribution in [0.2, 0.25) is 0 Å². The fourth-order valence-corrected chi connectivity index (χ4v) is 1.82. The Balaban J connectivity index is 2.45. The molecule has 0 radical (unpaired) electrons. The first-order chi connectivity index (χ1) is 7.22. The molecule has 0 saturated heterocycles. The lowest BCUT2D eigenvalue weighted by molar-refractivity contribution is 0.784. The molecule has 3 nitrogen and oxygen atoms in total. The van der Waals surface area contributed by atoms with E-state index >= 15 is 0 Å². The van der Waals surface area contributed by atoms with Gasteiger partial charge in [0.05, 0.1) is 17.3 Å². The van der Waals surface area contributed by atoms with E-state index in [9.17, 15) is 0 Å². The standard InChI is InChI=1S/C10H9BrClN3/c1-7-10(6-12)13-14-15(7)9-4-2-8(11)3-5-9/h2-5H,6H2,1H3. The summed E-state index contributed by atoms with van der Waals surface area (Å²) in [6.07, 6.45) is 0. The third-order valence-corrected chi connectivity index (χ3v) is 2.97. The Morgan fingerprint density at radius 3 is 2.53 bits per heavy atom. The maximum absolute atomic E-state index is 5.73. The summed E-state index contributed by atoms with van der Waals surface area (Å²) in [5, 5.41) is 8.06. The lowest BCUT2D eigenvalue weighted by Gasteiger charge is -2.02. The topological polar surface area (TPSA) is 30.7 Å². The van der Waals surface area contributed by atoms with Crippen LogP contribution in [-0.4, -0.2) is 15.0 Å². The van der Waals surface area contributed by atoms with Crippen LogP contribution in [0.5, 0.6) is 0 Å². The molecule has 0 amide bonds. The Labute approximate surface area is 101 Å². The zero-order valence-electron chi connectivity index (χ0n) is 8.11. The molecule has 15 heavy (non-hydrogen) atoms. The van der Waals surface area contributed by atoms with Gasteiger partial charge in [0.15, 0.2) is 0 Å². The zero-order valence-corrected chi connectivity index (χ0v) is 10.5. The first-order valence-corrected chi connectivity index (χ1v) is 5.78. The minimum atomic E-state index is 0.391. The molecule has 0 aliphatic rings. The summed E-state index contributed by atoms with van der Waals surface area (Å²) in [6, 6.07) is 7.89. The number of halogens is 2. The van der Waals surface area contributed by atoms with E-state index < -0.39 is 0 Å². The Kier molecular flexibility index (Phi) is 3.07. The molecule has 0 aliphatic heterocycles. The number of rotatable bonds is 2. The lowest BCUT2D eigenvalue weighted by atomic mass is 10.3. The van der Waals surface area contributed by atoms with Gasteiger partial charge in [0.1, 0.15) is 5.69 Å². The van der Waals surface area contributed by atoms with E-state index in [1.54, 1.807) is 4.68 Å². The number of hydrogen-bond donors (Lipinski definition) is 0. The molecule has 0 bridgehead atoms. The van der Waals surface area contributed by atoms with Crippen LogP contribution in [0.1, 0.15) is 11.4 Å². The van der Waals surface area contributed by atoms with E-state index in [0.29, 0.717) is 5.88 Å². The van der Waals surface area contributed by atoms with E-state index in [1.165, 1.54) is 0 Å². The Hall–Kier alpha value is -0.870. The van der Waals surface area contributed by atoms with Crippen molar-refractivity contribution in [3.63, 3.8) is 0 Å². The summed E-state index contributed by atoms with van der Waals surface area (Å²) in [4.78, 5) is 0. The third-order valence-electron chi connectivity index (χ3n) is 2.19. The van der Waals surface area contributed by atoms with Crippen molar-refractivity contribution in [1.82, 2.24) is 15.0 Å². The van der Waals surface area contributed by atoms with Gasteiger partial charge < -0.3 is 0 Å². The summed E-state index contributed by atoms with van der Waals surface area (Å²) in [5.41, 5.74) is 2.78. The predicted molar refractivity (Wildman–Crippen MR) is 63.4 cm³/mol. The molecule has 5 heteroatoms. The SMILES string of the molecule is Cc1c(CCl)nnn1-c1ccc(Br)cc1. The minimum Gasteiger partial charge on any atom is -0.218 e. The van der Waals surface area contributed by atoms with Crippen LogP contribution in [0.3, 0.4) is 0 Å². The highest BCUT2D eigenvalue weighted by Crippen LogP contribution is 2.16. The van der Waals surface area contributed by atoms with Crippen LogP contribution in [0, 0.1) is 6.92 Å². The van der Waals surface area contributed by atoms with Crippen LogP contribution < -0.4 is 0 Å². The fourth-order valence-electron chi connectivity index (χ4n) is 1.31. The van der Waals surface area contributed by atoms with E-state index in [-0.39, 0.29) is 0 Å². The highest BCUT2D eigenvalue weighted by molar-refractivity contribution is 9.10. The number of hydrogen-bond acceptors (Lipinski definition) is 2. The normalized spacial score (nSPS) is 10.6. The molecular formula is C10H9BrClN3. The van der Waals surface area contributed by atoms with Crippen molar-refractivity contribution in [3.05, 3.63) is 40.1 Å². The van der Waals surface area contributed by atoms with Crippen molar-refractivity contribution in [2.45, 2.75) is 12.8 Å². The Bertz CT molecular complexity index is 464. The average molecular weight is 287 g/mol. The molecule has 1 aromatic carbocycles. The van der Waals surface area contributed by atoms with Gasteiger partial charge in [0.25, 0.3) is 0 Å². The molecule has 0 unspecified atom stereocenters.